The Morgan fingerprint density at radius 2 is 1.84 bits per heavy atom. The smallest absolute Gasteiger partial charge is 0.303 e. The number of carbonyl (C=O) groups is 2. The Labute approximate surface area is 182 Å². The highest BCUT2D eigenvalue weighted by Gasteiger charge is 2.41. The number of alkyl halides is 3. The first-order chi connectivity index (χ1) is 15.1. The summed E-state index contributed by atoms with van der Waals surface area (Å²) in [6.45, 7) is 0.883. The van der Waals surface area contributed by atoms with Gasteiger partial charge in [-0.05, 0) is 35.9 Å². The van der Waals surface area contributed by atoms with Crippen LogP contribution in [0.15, 0.2) is 42.5 Å². The van der Waals surface area contributed by atoms with Crippen molar-refractivity contribution in [2.45, 2.75) is 19.1 Å². The zero-order valence-corrected chi connectivity index (χ0v) is 17.3. The summed E-state index contributed by atoms with van der Waals surface area (Å²) >= 11 is 0. The summed E-state index contributed by atoms with van der Waals surface area (Å²) in [5.74, 6) is -1.30. The Hall–Kier alpha value is -3.45. The van der Waals surface area contributed by atoms with E-state index < -0.39 is 30.0 Å². The molecule has 0 bridgehead atoms. The molecule has 3 rings (SSSR count). The zero-order chi connectivity index (χ0) is 23.5. The van der Waals surface area contributed by atoms with Gasteiger partial charge in [-0.3, -0.25) is 9.59 Å². The molecule has 0 atom stereocenters. The lowest BCUT2D eigenvalue weighted by molar-refractivity contribution is -1.04. The van der Waals surface area contributed by atoms with Gasteiger partial charge in [-0.2, -0.15) is 23.4 Å². The highest BCUT2D eigenvalue weighted by Crippen LogP contribution is 2.30. The number of hydrogen-bond donors (Lipinski definition) is 0. The van der Waals surface area contributed by atoms with Gasteiger partial charge in [0.2, 0.25) is 6.41 Å². The van der Waals surface area contributed by atoms with Crippen molar-refractivity contribution in [3.63, 3.8) is 0 Å². The van der Waals surface area contributed by atoms with Crippen molar-refractivity contribution >= 4 is 18.0 Å². The van der Waals surface area contributed by atoms with Crippen molar-refractivity contribution in [2.75, 3.05) is 31.6 Å². The quantitative estimate of drug-likeness (QED) is 0.369. The molecule has 0 unspecified atom stereocenters. The number of anilines is 1. The number of halogens is 4. The molecule has 2 aromatic rings. The van der Waals surface area contributed by atoms with E-state index in [4.69, 9.17) is 5.26 Å². The Morgan fingerprint density at radius 3 is 2.31 bits per heavy atom. The molecule has 0 radical (unpaired) electrons. The molecule has 2 aromatic carbocycles. The lowest BCUT2D eigenvalue weighted by Crippen LogP contribution is -2.67. The largest absolute Gasteiger partial charge is 0.416 e. The van der Waals surface area contributed by atoms with Crippen LogP contribution in [0.5, 0.6) is 0 Å². The van der Waals surface area contributed by atoms with E-state index >= 15 is 0 Å². The summed E-state index contributed by atoms with van der Waals surface area (Å²) in [5.41, 5.74) is -0.356. The van der Waals surface area contributed by atoms with E-state index in [2.05, 4.69) is 0 Å². The molecule has 32 heavy (non-hydrogen) atoms. The fraction of sp³-hybridized carbons (Fsp3) is 0.318. The average Bonchev–Trinajstić information content (AvgIpc) is 2.74. The second-order valence-corrected chi connectivity index (χ2v) is 7.80. The highest BCUT2D eigenvalue weighted by molar-refractivity contribution is 5.88. The predicted molar refractivity (Wildman–Crippen MR) is 107 cm³/mol. The van der Waals surface area contributed by atoms with E-state index in [1.807, 2.05) is 7.05 Å². The first-order valence-corrected chi connectivity index (χ1v) is 9.80. The van der Waals surface area contributed by atoms with Crippen molar-refractivity contribution in [2.24, 2.45) is 0 Å². The van der Waals surface area contributed by atoms with Crippen LogP contribution in [0.25, 0.3) is 0 Å². The van der Waals surface area contributed by atoms with E-state index in [9.17, 15) is 27.2 Å². The maximum absolute atomic E-state index is 14.3. The Kier molecular flexibility index (Phi) is 6.50. The fourth-order valence-corrected chi connectivity index (χ4v) is 3.57. The van der Waals surface area contributed by atoms with Gasteiger partial charge >= 0.3 is 6.18 Å². The van der Waals surface area contributed by atoms with Gasteiger partial charge in [0.25, 0.3) is 5.91 Å². The number of amides is 2. The van der Waals surface area contributed by atoms with Gasteiger partial charge in [0.1, 0.15) is 25.5 Å². The van der Waals surface area contributed by atoms with Crippen LogP contribution in [-0.2, 0) is 22.3 Å². The third-order valence-corrected chi connectivity index (χ3v) is 5.58. The zero-order valence-electron chi connectivity index (χ0n) is 17.3. The van der Waals surface area contributed by atoms with Crippen molar-refractivity contribution in [3.8, 4) is 6.07 Å². The number of nitrogens with zero attached hydrogens (tertiary/aromatic N) is 4. The van der Waals surface area contributed by atoms with Crippen LogP contribution >= 0.6 is 0 Å². The van der Waals surface area contributed by atoms with E-state index in [1.54, 1.807) is 6.07 Å². The maximum Gasteiger partial charge on any atom is 0.416 e. The van der Waals surface area contributed by atoms with Crippen LogP contribution in [0, 0.1) is 17.1 Å². The minimum absolute atomic E-state index is 0.0377. The SMILES string of the molecule is C[N+]1(N(Cc2ccc(C(F)(F)F)cc2)C(=O)CN(C=O)c2ccc(C#N)cc2F)CCC1. The molecule has 1 aliphatic heterocycles. The molecule has 2 amide bonds. The molecular weight excluding hydrogens is 428 g/mol. The lowest BCUT2D eigenvalue weighted by atomic mass is 10.1. The summed E-state index contributed by atoms with van der Waals surface area (Å²) in [7, 11) is 1.82. The van der Waals surface area contributed by atoms with Crippen LogP contribution in [0.3, 0.4) is 0 Å². The second kappa shape index (κ2) is 8.96. The van der Waals surface area contributed by atoms with Gasteiger partial charge in [-0.25, -0.2) is 8.98 Å². The van der Waals surface area contributed by atoms with Crippen molar-refractivity contribution < 1.29 is 31.7 Å². The van der Waals surface area contributed by atoms with Gasteiger partial charge < -0.3 is 4.90 Å². The summed E-state index contributed by atoms with van der Waals surface area (Å²) < 4.78 is 53.1. The van der Waals surface area contributed by atoms with Crippen LogP contribution in [0.1, 0.15) is 23.1 Å². The van der Waals surface area contributed by atoms with E-state index in [-0.39, 0.29) is 22.4 Å². The molecule has 0 aliphatic carbocycles. The topological polar surface area (TPSA) is 64.4 Å². The Bertz CT molecular complexity index is 1040. The van der Waals surface area contributed by atoms with E-state index in [0.29, 0.717) is 25.1 Å². The number of hydrogen-bond acceptors (Lipinski definition) is 3. The molecule has 1 saturated heterocycles. The first kappa shape index (κ1) is 23.2. The lowest BCUT2D eigenvalue weighted by Gasteiger charge is -2.48. The number of nitriles is 1. The summed E-state index contributed by atoms with van der Waals surface area (Å²) in [5, 5.41) is 10.3. The molecule has 10 heteroatoms. The molecule has 0 spiro atoms. The molecule has 1 aliphatic rings. The van der Waals surface area contributed by atoms with Gasteiger partial charge in [0.05, 0.1) is 42.9 Å². The molecule has 1 fully saturated rings. The Balaban J connectivity index is 1.82. The van der Waals surface area contributed by atoms with Crippen LogP contribution in [0.2, 0.25) is 0 Å². The number of rotatable bonds is 7. The minimum Gasteiger partial charge on any atom is -0.303 e. The molecule has 0 saturated carbocycles. The molecule has 168 valence electrons. The molecule has 0 aromatic heterocycles. The normalized spacial score (nSPS) is 14.8. The minimum atomic E-state index is -4.46. The number of likely N-dealkylation sites (tertiary alicyclic amines) is 1. The Morgan fingerprint density at radius 1 is 1.19 bits per heavy atom. The molecule has 1 heterocycles. The van der Waals surface area contributed by atoms with Crippen molar-refractivity contribution in [3.05, 3.63) is 65.0 Å². The molecule has 0 N–H and O–H groups in total. The predicted octanol–water partition coefficient (Wildman–Crippen LogP) is 3.47. The van der Waals surface area contributed by atoms with Crippen LogP contribution in [0.4, 0.5) is 23.2 Å². The van der Waals surface area contributed by atoms with Gasteiger partial charge in [-0.15, -0.1) is 0 Å². The highest BCUT2D eigenvalue weighted by atomic mass is 19.4. The number of quaternary nitrogens is 1. The molecule has 6 nitrogen and oxygen atoms in total. The van der Waals surface area contributed by atoms with Crippen molar-refractivity contribution in [1.29, 1.82) is 5.26 Å². The van der Waals surface area contributed by atoms with Gasteiger partial charge in [0.15, 0.2) is 0 Å². The van der Waals surface area contributed by atoms with Gasteiger partial charge in [-0.1, -0.05) is 12.1 Å². The van der Waals surface area contributed by atoms with Crippen LogP contribution < -0.4 is 4.90 Å². The number of carbonyl (C=O) groups excluding carboxylic acids is 2. The molecular formula is C22H21F4N4O2+. The van der Waals surface area contributed by atoms with Crippen molar-refractivity contribution in [1.82, 2.24) is 5.01 Å². The third-order valence-electron chi connectivity index (χ3n) is 5.58. The monoisotopic (exact) mass is 449 g/mol. The summed E-state index contributed by atoms with van der Waals surface area (Å²) in [4.78, 5) is 25.7. The van der Waals surface area contributed by atoms with E-state index in [0.717, 1.165) is 29.5 Å². The van der Waals surface area contributed by atoms with E-state index in [1.165, 1.54) is 29.3 Å². The third kappa shape index (κ3) is 4.89. The summed E-state index contributed by atoms with van der Waals surface area (Å²) in [6.07, 6.45) is -3.26. The number of benzene rings is 2. The maximum atomic E-state index is 14.3. The summed E-state index contributed by atoms with van der Waals surface area (Å²) in [6, 6.07) is 9.88. The second-order valence-electron chi connectivity index (χ2n) is 7.80. The fourth-order valence-electron chi connectivity index (χ4n) is 3.57. The van der Waals surface area contributed by atoms with Gasteiger partial charge in [0, 0.05) is 0 Å². The first-order valence-electron chi connectivity index (χ1n) is 9.80. The average molecular weight is 449 g/mol. The van der Waals surface area contributed by atoms with Crippen LogP contribution in [-0.4, -0.2) is 48.6 Å². The standard InChI is InChI=1S/C22H21F4N4O2/c1-30(9-2-10-30)29(13-16-3-6-18(7-4-16)22(24,25)26)21(32)14-28(15-31)20-8-5-17(12-27)11-19(20)23/h3-8,11,15H,2,9-10,13-14H2,1H3/q+1.